The van der Waals surface area contributed by atoms with Gasteiger partial charge in [-0.05, 0) is 42.3 Å². The van der Waals surface area contributed by atoms with Gasteiger partial charge in [0.1, 0.15) is 5.75 Å². The van der Waals surface area contributed by atoms with Gasteiger partial charge < -0.3 is 19.7 Å². The molecule has 0 aliphatic rings. The molecule has 0 unspecified atom stereocenters. The third-order valence-corrected chi connectivity index (χ3v) is 3.83. The zero-order valence-electron chi connectivity index (χ0n) is 15.3. The Kier molecular flexibility index (Phi) is 7.02. The lowest BCUT2D eigenvalue weighted by molar-refractivity contribution is -0.124. The van der Waals surface area contributed by atoms with Gasteiger partial charge in [0.05, 0.1) is 12.7 Å². The molecule has 2 rings (SSSR count). The monoisotopic (exact) mass is 356 g/mol. The Hall–Kier alpha value is -3.02. The Morgan fingerprint density at radius 2 is 1.81 bits per heavy atom. The summed E-state index contributed by atoms with van der Waals surface area (Å²) in [5.41, 5.74) is 2.40. The lowest BCUT2D eigenvalue weighted by Crippen LogP contribution is -2.30. The summed E-state index contributed by atoms with van der Waals surface area (Å²) < 4.78 is 10.2. The minimum Gasteiger partial charge on any atom is -0.497 e. The molecule has 6 nitrogen and oxygen atoms in total. The van der Waals surface area contributed by atoms with Crippen LogP contribution in [0.15, 0.2) is 48.5 Å². The Balaban J connectivity index is 1.74. The van der Waals surface area contributed by atoms with Crippen molar-refractivity contribution in [3.05, 3.63) is 59.7 Å². The van der Waals surface area contributed by atoms with Crippen molar-refractivity contribution in [1.29, 1.82) is 0 Å². The number of anilines is 1. The van der Waals surface area contributed by atoms with Crippen LogP contribution in [-0.2, 0) is 16.0 Å². The quantitative estimate of drug-likeness (QED) is 0.735. The number of nitrogens with one attached hydrogen (secondary N) is 1. The molecule has 0 bridgehead atoms. The van der Waals surface area contributed by atoms with E-state index in [1.807, 2.05) is 49.3 Å². The maximum absolute atomic E-state index is 12.0. The molecule has 0 saturated heterocycles. The fourth-order valence-electron chi connectivity index (χ4n) is 2.31. The van der Waals surface area contributed by atoms with E-state index in [0.717, 1.165) is 17.0 Å². The maximum atomic E-state index is 12.0. The summed E-state index contributed by atoms with van der Waals surface area (Å²) in [6, 6.07) is 14.7. The van der Waals surface area contributed by atoms with Gasteiger partial charge in [-0.25, -0.2) is 4.79 Å². The van der Waals surface area contributed by atoms with Crippen LogP contribution in [0.25, 0.3) is 0 Å². The molecular weight excluding hydrogens is 332 g/mol. The van der Waals surface area contributed by atoms with Crippen molar-refractivity contribution in [2.24, 2.45) is 0 Å². The molecule has 138 valence electrons. The van der Waals surface area contributed by atoms with E-state index < -0.39 is 5.97 Å². The number of methoxy groups -OCH3 is 1. The number of ether oxygens (including phenoxy) is 2. The first-order valence-corrected chi connectivity index (χ1v) is 8.33. The average Bonchev–Trinajstić information content (AvgIpc) is 2.66. The van der Waals surface area contributed by atoms with Crippen molar-refractivity contribution in [2.45, 2.75) is 6.42 Å². The molecule has 1 amide bonds. The van der Waals surface area contributed by atoms with Crippen LogP contribution in [0, 0.1) is 0 Å². The summed E-state index contributed by atoms with van der Waals surface area (Å²) in [6.07, 6.45) is 0.689. The van der Waals surface area contributed by atoms with Gasteiger partial charge >= 0.3 is 5.97 Å². The van der Waals surface area contributed by atoms with Gasteiger partial charge in [0.2, 0.25) is 0 Å². The SMILES string of the molecule is COc1ccc(CCNC(=O)COC(=O)c2cccc(N(C)C)c2)cc1. The standard InChI is InChI=1S/C20H24N2O4/c1-22(2)17-6-4-5-16(13-17)20(24)26-14-19(23)21-12-11-15-7-9-18(25-3)10-8-15/h4-10,13H,11-12,14H2,1-3H3,(H,21,23). The minimum absolute atomic E-state index is 0.298. The summed E-state index contributed by atoms with van der Waals surface area (Å²) in [5.74, 6) is -0.0438. The fraction of sp³-hybridized carbons (Fsp3) is 0.300. The van der Waals surface area contributed by atoms with Gasteiger partial charge in [0.15, 0.2) is 6.61 Å². The molecule has 0 aliphatic heterocycles. The average molecular weight is 356 g/mol. The Bertz CT molecular complexity index is 742. The van der Waals surface area contributed by atoms with E-state index in [1.165, 1.54) is 0 Å². The fourth-order valence-corrected chi connectivity index (χ4v) is 2.31. The predicted molar refractivity (Wildman–Crippen MR) is 101 cm³/mol. The van der Waals surface area contributed by atoms with E-state index in [2.05, 4.69) is 5.32 Å². The summed E-state index contributed by atoms with van der Waals surface area (Å²) in [6.45, 7) is 0.173. The molecule has 0 atom stereocenters. The lowest BCUT2D eigenvalue weighted by atomic mass is 10.1. The number of hydrogen-bond acceptors (Lipinski definition) is 5. The molecular formula is C20H24N2O4. The summed E-state index contributed by atoms with van der Waals surface area (Å²) in [5, 5.41) is 2.74. The van der Waals surface area contributed by atoms with Crippen LogP contribution in [0.4, 0.5) is 5.69 Å². The number of amides is 1. The second kappa shape index (κ2) is 9.46. The topological polar surface area (TPSA) is 67.9 Å². The highest BCUT2D eigenvalue weighted by molar-refractivity contribution is 5.92. The molecule has 0 spiro atoms. The Labute approximate surface area is 153 Å². The van der Waals surface area contributed by atoms with E-state index in [4.69, 9.17) is 9.47 Å². The first-order valence-electron chi connectivity index (χ1n) is 8.33. The second-order valence-corrected chi connectivity index (χ2v) is 5.97. The van der Waals surface area contributed by atoms with Crippen LogP contribution < -0.4 is 15.0 Å². The normalized spacial score (nSPS) is 10.1. The number of benzene rings is 2. The number of rotatable bonds is 8. The van der Waals surface area contributed by atoms with Crippen molar-refractivity contribution >= 4 is 17.6 Å². The maximum Gasteiger partial charge on any atom is 0.338 e. The zero-order valence-corrected chi connectivity index (χ0v) is 15.3. The minimum atomic E-state index is -0.515. The Morgan fingerprint density at radius 1 is 1.08 bits per heavy atom. The van der Waals surface area contributed by atoms with Crippen LogP contribution in [0.1, 0.15) is 15.9 Å². The summed E-state index contributed by atoms with van der Waals surface area (Å²) in [4.78, 5) is 25.8. The van der Waals surface area contributed by atoms with E-state index in [9.17, 15) is 9.59 Å². The largest absolute Gasteiger partial charge is 0.497 e. The van der Waals surface area contributed by atoms with E-state index in [0.29, 0.717) is 18.5 Å². The summed E-state index contributed by atoms with van der Waals surface area (Å²) in [7, 11) is 5.40. The highest BCUT2D eigenvalue weighted by atomic mass is 16.5. The summed E-state index contributed by atoms with van der Waals surface area (Å²) >= 11 is 0. The van der Waals surface area contributed by atoms with Crippen LogP contribution in [0.2, 0.25) is 0 Å². The molecule has 0 aliphatic carbocycles. The molecule has 0 fully saturated rings. The van der Waals surface area contributed by atoms with Gasteiger partial charge in [-0.1, -0.05) is 18.2 Å². The van der Waals surface area contributed by atoms with Crippen molar-refractivity contribution in [1.82, 2.24) is 5.32 Å². The molecule has 0 aromatic heterocycles. The van der Waals surface area contributed by atoms with E-state index >= 15 is 0 Å². The van der Waals surface area contributed by atoms with Crippen LogP contribution in [0.3, 0.4) is 0 Å². The van der Waals surface area contributed by atoms with Crippen molar-refractivity contribution < 1.29 is 19.1 Å². The molecule has 0 saturated carbocycles. The molecule has 2 aromatic carbocycles. The molecule has 0 heterocycles. The highest BCUT2D eigenvalue weighted by Gasteiger charge is 2.11. The first-order chi connectivity index (χ1) is 12.5. The molecule has 2 aromatic rings. The van der Waals surface area contributed by atoms with E-state index in [-0.39, 0.29) is 12.5 Å². The van der Waals surface area contributed by atoms with Gasteiger partial charge in [-0.15, -0.1) is 0 Å². The molecule has 0 radical (unpaired) electrons. The third-order valence-electron chi connectivity index (χ3n) is 3.83. The van der Waals surface area contributed by atoms with Gasteiger partial charge in [-0.2, -0.15) is 0 Å². The van der Waals surface area contributed by atoms with Gasteiger partial charge in [0, 0.05) is 26.3 Å². The highest BCUT2D eigenvalue weighted by Crippen LogP contribution is 2.14. The van der Waals surface area contributed by atoms with Crippen molar-refractivity contribution in [3.63, 3.8) is 0 Å². The number of carbonyl (C=O) groups excluding carboxylic acids is 2. The van der Waals surface area contributed by atoms with Crippen molar-refractivity contribution in [2.75, 3.05) is 39.3 Å². The predicted octanol–water partition coefficient (Wildman–Crippen LogP) is 2.28. The molecule has 6 heteroatoms. The Morgan fingerprint density at radius 3 is 2.46 bits per heavy atom. The lowest BCUT2D eigenvalue weighted by Gasteiger charge is -2.13. The second-order valence-electron chi connectivity index (χ2n) is 5.97. The van der Waals surface area contributed by atoms with Crippen LogP contribution in [0.5, 0.6) is 5.75 Å². The number of hydrogen-bond donors (Lipinski definition) is 1. The van der Waals surface area contributed by atoms with Crippen LogP contribution in [-0.4, -0.2) is 46.2 Å². The van der Waals surface area contributed by atoms with Gasteiger partial charge in [0.25, 0.3) is 5.91 Å². The van der Waals surface area contributed by atoms with Crippen LogP contribution >= 0.6 is 0 Å². The molecule has 1 N–H and O–H groups in total. The van der Waals surface area contributed by atoms with Crippen molar-refractivity contribution in [3.8, 4) is 5.75 Å². The third kappa shape index (κ3) is 5.81. The number of carbonyl (C=O) groups is 2. The first kappa shape index (κ1) is 19.3. The molecule has 26 heavy (non-hydrogen) atoms. The number of esters is 1. The van der Waals surface area contributed by atoms with E-state index in [1.54, 1.807) is 25.3 Å². The number of nitrogens with zero attached hydrogens (tertiary/aromatic N) is 1. The smallest absolute Gasteiger partial charge is 0.338 e. The van der Waals surface area contributed by atoms with Gasteiger partial charge in [-0.3, -0.25) is 4.79 Å². The zero-order chi connectivity index (χ0) is 18.9.